The second-order valence-electron chi connectivity index (χ2n) is 5.58. The van der Waals surface area contributed by atoms with E-state index in [1.807, 2.05) is 25.8 Å². The summed E-state index contributed by atoms with van der Waals surface area (Å²) >= 11 is 0. The van der Waals surface area contributed by atoms with Gasteiger partial charge in [-0.05, 0) is 68.7 Å². The van der Waals surface area contributed by atoms with Gasteiger partial charge in [0.05, 0.1) is 5.69 Å². The standard InChI is InChI=1S/C18H20FNO/c1-11-6-12(2)8-15(7-11)20(5)18-9-13(3)17(19)10-16(18)14(4)21/h6-10H,1-5H3. The van der Waals surface area contributed by atoms with E-state index in [4.69, 9.17) is 0 Å². The number of anilines is 2. The highest BCUT2D eigenvalue weighted by atomic mass is 19.1. The molecule has 0 bridgehead atoms. The van der Waals surface area contributed by atoms with Gasteiger partial charge in [-0.15, -0.1) is 0 Å². The highest BCUT2D eigenvalue weighted by Gasteiger charge is 2.16. The minimum absolute atomic E-state index is 0.139. The van der Waals surface area contributed by atoms with Gasteiger partial charge in [-0.3, -0.25) is 4.79 Å². The van der Waals surface area contributed by atoms with Gasteiger partial charge in [-0.2, -0.15) is 0 Å². The van der Waals surface area contributed by atoms with Gasteiger partial charge in [-0.1, -0.05) is 6.07 Å². The Kier molecular flexibility index (Phi) is 4.12. The first-order chi connectivity index (χ1) is 9.79. The van der Waals surface area contributed by atoms with E-state index < -0.39 is 0 Å². The maximum Gasteiger partial charge on any atom is 0.162 e. The average molecular weight is 285 g/mol. The first-order valence-corrected chi connectivity index (χ1v) is 6.92. The molecule has 21 heavy (non-hydrogen) atoms. The summed E-state index contributed by atoms with van der Waals surface area (Å²) in [6.45, 7) is 7.24. The molecule has 0 amide bonds. The third-order valence-electron chi connectivity index (χ3n) is 3.61. The maximum absolute atomic E-state index is 13.7. The van der Waals surface area contributed by atoms with Crippen LogP contribution in [0.25, 0.3) is 0 Å². The molecule has 2 aromatic rings. The Labute approximate surface area is 125 Å². The van der Waals surface area contributed by atoms with Gasteiger partial charge in [0.25, 0.3) is 0 Å². The van der Waals surface area contributed by atoms with Crippen molar-refractivity contribution >= 4 is 17.2 Å². The van der Waals surface area contributed by atoms with Crippen LogP contribution in [0.5, 0.6) is 0 Å². The molecule has 110 valence electrons. The van der Waals surface area contributed by atoms with Crippen molar-refractivity contribution in [2.45, 2.75) is 27.7 Å². The smallest absolute Gasteiger partial charge is 0.162 e. The Morgan fingerprint density at radius 2 is 1.57 bits per heavy atom. The topological polar surface area (TPSA) is 20.3 Å². The van der Waals surface area contributed by atoms with Crippen LogP contribution in [0.15, 0.2) is 30.3 Å². The van der Waals surface area contributed by atoms with Crippen LogP contribution in [0.1, 0.15) is 34.0 Å². The summed E-state index contributed by atoms with van der Waals surface area (Å²) in [5, 5.41) is 0. The third kappa shape index (κ3) is 3.13. The van der Waals surface area contributed by atoms with Gasteiger partial charge >= 0.3 is 0 Å². The number of carbonyl (C=O) groups excluding carboxylic acids is 1. The number of aryl methyl sites for hydroxylation is 3. The fourth-order valence-electron chi connectivity index (χ4n) is 2.51. The molecule has 0 aliphatic rings. The van der Waals surface area contributed by atoms with Crippen molar-refractivity contribution < 1.29 is 9.18 Å². The number of hydrogen-bond acceptors (Lipinski definition) is 2. The molecule has 0 radical (unpaired) electrons. The quantitative estimate of drug-likeness (QED) is 0.760. The van der Waals surface area contributed by atoms with E-state index in [0.717, 1.165) is 22.5 Å². The molecule has 0 atom stereocenters. The van der Waals surface area contributed by atoms with E-state index in [1.165, 1.54) is 13.0 Å². The summed E-state index contributed by atoms with van der Waals surface area (Å²) in [7, 11) is 1.90. The highest BCUT2D eigenvalue weighted by Crippen LogP contribution is 2.30. The lowest BCUT2D eigenvalue weighted by Crippen LogP contribution is -2.14. The molecule has 0 unspecified atom stereocenters. The van der Waals surface area contributed by atoms with Crippen LogP contribution < -0.4 is 4.90 Å². The fourth-order valence-corrected chi connectivity index (χ4v) is 2.51. The lowest BCUT2D eigenvalue weighted by molar-refractivity contribution is 0.101. The van der Waals surface area contributed by atoms with Crippen LogP contribution in [-0.4, -0.2) is 12.8 Å². The molecule has 2 rings (SSSR count). The van der Waals surface area contributed by atoms with E-state index in [1.54, 1.807) is 13.0 Å². The van der Waals surface area contributed by atoms with Crippen molar-refractivity contribution in [2.75, 3.05) is 11.9 Å². The first kappa shape index (κ1) is 15.2. The molecule has 2 aromatic carbocycles. The fraction of sp³-hybridized carbons (Fsp3) is 0.278. The van der Waals surface area contributed by atoms with Gasteiger partial charge in [0.1, 0.15) is 5.82 Å². The summed E-state index contributed by atoms with van der Waals surface area (Å²) in [5.74, 6) is -0.488. The van der Waals surface area contributed by atoms with Crippen molar-refractivity contribution in [3.05, 3.63) is 58.4 Å². The monoisotopic (exact) mass is 285 g/mol. The number of halogens is 1. The van der Waals surface area contributed by atoms with E-state index in [-0.39, 0.29) is 11.6 Å². The van der Waals surface area contributed by atoms with E-state index >= 15 is 0 Å². The number of nitrogens with zero attached hydrogens (tertiary/aromatic N) is 1. The van der Waals surface area contributed by atoms with Gasteiger partial charge in [0, 0.05) is 18.3 Å². The Morgan fingerprint density at radius 1 is 1.00 bits per heavy atom. The van der Waals surface area contributed by atoms with Crippen molar-refractivity contribution in [1.29, 1.82) is 0 Å². The number of hydrogen-bond donors (Lipinski definition) is 0. The molecule has 3 heteroatoms. The van der Waals surface area contributed by atoms with Crippen LogP contribution in [0.4, 0.5) is 15.8 Å². The Hall–Kier alpha value is -2.16. The van der Waals surface area contributed by atoms with Crippen molar-refractivity contribution in [1.82, 2.24) is 0 Å². The Bertz CT molecular complexity index is 686. The highest BCUT2D eigenvalue weighted by molar-refractivity contribution is 6.00. The third-order valence-corrected chi connectivity index (χ3v) is 3.61. The average Bonchev–Trinajstić information content (AvgIpc) is 2.39. The molecule has 0 heterocycles. The molecule has 0 aromatic heterocycles. The van der Waals surface area contributed by atoms with Gasteiger partial charge in [0.15, 0.2) is 5.78 Å². The van der Waals surface area contributed by atoms with Crippen molar-refractivity contribution in [3.63, 3.8) is 0 Å². The Morgan fingerprint density at radius 3 is 2.10 bits per heavy atom. The number of ketones is 1. The van der Waals surface area contributed by atoms with Gasteiger partial charge < -0.3 is 4.90 Å². The molecule has 0 saturated carbocycles. The summed E-state index contributed by atoms with van der Waals surface area (Å²) in [4.78, 5) is 13.7. The predicted molar refractivity (Wildman–Crippen MR) is 85.1 cm³/mol. The number of rotatable bonds is 3. The molecule has 2 nitrogen and oxygen atoms in total. The molecule has 0 N–H and O–H groups in total. The van der Waals surface area contributed by atoms with Crippen LogP contribution in [0.3, 0.4) is 0 Å². The van der Waals surface area contributed by atoms with Gasteiger partial charge in [-0.25, -0.2) is 4.39 Å². The zero-order valence-corrected chi connectivity index (χ0v) is 13.1. The second-order valence-corrected chi connectivity index (χ2v) is 5.58. The first-order valence-electron chi connectivity index (χ1n) is 6.92. The Balaban J connectivity index is 2.59. The van der Waals surface area contributed by atoms with Crippen LogP contribution in [0, 0.1) is 26.6 Å². The molecule has 0 spiro atoms. The van der Waals surface area contributed by atoms with Crippen LogP contribution >= 0.6 is 0 Å². The normalized spacial score (nSPS) is 10.6. The zero-order valence-electron chi connectivity index (χ0n) is 13.1. The summed E-state index contributed by atoms with van der Waals surface area (Å²) in [6.07, 6.45) is 0. The van der Waals surface area contributed by atoms with Crippen molar-refractivity contribution in [3.8, 4) is 0 Å². The summed E-state index contributed by atoms with van der Waals surface area (Å²) in [6, 6.07) is 9.25. The van der Waals surface area contributed by atoms with Gasteiger partial charge in [0.2, 0.25) is 0 Å². The lowest BCUT2D eigenvalue weighted by atomic mass is 10.0. The lowest BCUT2D eigenvalue weighted by Gasteiger charge is -2.23. The SMILES string of the molecule is CC(=O)c1cc(F)c(C)cc1N(C)c1cc(C)cc(C)c1. The molecular weight excluding hydrogens is 265 g/mol. The maximum atomic E-state index is 13.7. The van der Waals surface area contributed by atoms with E-state index in [2.05, 4.69) is 18.2 Å². The van der Waals surface area contributed by atoms with Crippen LogP contribution in [0.2, 0.25) is 0 Å². The number of benzene rings is 2. The molecule has 0 aliphatic heterocycles. The van der Waals surface area contributed by atoms with Crippen LogP contribution in [-0.2, 0) is 0 Å². The minimum Gasteiger partial charge on any atom is -0.344 e. The number of carbonyl (C=O) groups is 1. The minimum atomic E-state index is -0.349. The molecule has 0 aliphatic carbocycles. The number of Topliss-reactive ketones (excluding diaryl/α,β-unsaturated/α-hetero) is 1. The second kappa shape index (κ2) is 5.68. The summed E-state index contributed by atoms with van der Waals surface area (Å²) < 4.78 is 13.7. The van der Waals surface area contributed by atoms with Crippen molar-refractivity contribution in [2.24, 2.45) is 0 Å². The molecule has 0 saturated heterocycles. The van der Waals surface area contributed by atoms with E-state index in [0.29, 0.717) is 11.1 Å². The molecule has 0 fully saturated rings. The predicted octanol–water partition coefficient (Wildman–Crippen LogP) is 4.72. The zero-order chi connectivity index (χ0) is 15.7. The van der Waals surface area contributed by atoms with E-state index in [9.17, 15) is 9.18 Å². The molecular formula is C18H20FNO. The largest absolute Gasteiger partial charge is 0.344 e. The summed E-state index contributed by atoms with van der Waals surface area (Å²) in [5.41, 5.74) is 4.96.